The van der Waals surface area contributed by atoms with Gasteiger partial charge in [-0.2, -0.15) is 0 Å². The summed E-state index contributed by atoms with van der Waals surface area (Å²) in [4.78, 5) is 5.87. The Morgan fingerprint density at radius 2 is 2.04 bits per heavy atom. The first-order chi connectivity index (χ1) is 13.3. The van der Waals surface area contributed by atoms with Gasteiger partial charge >= 0.3 is 0 Å². The smallest absolute Gasteiger partial charge is 0.120 e. The fourth-order valence-electron chi connectivity index (χ4n) is 3.75. The van der Waals surface area contributed by atoms with Gasteiger partial charge in [0.1, 0.15) is 11.5 Å². The topological polar surface area (TPSA) is 37.5 Å². The van der Waals surface area contributed by atoms with Crippen molar-refractivity contribution in [1.29, 1.82) is 0 Å². The van der Waals surface area contributed by atoms with Crippen molar-refractivity contribution in [1.82, 2.24) is 9.88 Å². The third-order valence-electron chi connectivity index (χ3n) is 5.14. The molecule has 1 aliphatic rings. The van der Waals surface area contributed by atoms with E-state index < -0.39 is 0 Å². The maximum Gasteiger partial charge on any atom is 0.120 e. The van der Waals surface area contributed by atoms with Crippen molar-refractivity contribution in [2.75, 3.05) is 26.8 Å². The zero-order valence-corrected chi connectivity index (χ0v) is 16.0. The maximum absolute atomic E-state index is 5.68. The van der Waals surface area contributed by atoms with Crippen molar-refractivity contribution in [2.24, 2.45) is 0 Å². The molecule has 4 nitrogen and oxygen atoms in total. The van der Waals surface area contributed by atoms with Crippen molar-refractivity contribution < 1.29 is 9.47 Å². The molecule has 0 amide bonds. The van der Waals surface area contributed by atoms with Gasteiger partial charge in [0.2, 0.25) is 0 Å². The largest absolute Gasteiger partial charge is 0.497 e. The van der Waals surface area contributed by atoms with E-state index in [0.29, 0.717) is 6.61 Å². The molecule has 0 atom stereocenters. The quantitative estimate of drug-likeness (QED) is 0.680. The van der Waals surface area contributed by atoms with Gasteiger partial charge in [-0.25, -0.2) is 0 Å². The molecule has 4 rings (SSSR count). The number of methoxy groups -OCH3 is 1. The third-order valence-corrected chi connectivity index (χ3v) is 5.14. The van der Waals surface area contributed by atoms with Crippen LogP contribution in [0.5, 0.6) is 11.5 Å². The molecule has 0 fully saturated rings. The van der Waals surface area contributed by atoms with Crippen LogP contribution < -0.4 is 9.47 Å². The zero-order valence-electron chi connectivity index (χ0n) is 16.0. The first-order valence-electron chi connectivity index (χ1n) is 9.55. The zero-order chi connectivity index (χ0) is 18.6. The normalized spacial score (nSPS) is 15.0. The van der Waals surface area contributed by atoms with E-state index in [9.17, 15) is 0 Å². The number of aromatic nitrogens is 1. The summed E-state index contributed by atoms with van der Waals surface area (Å²) in [5.74, 6) is 1.85. The van der Waals surface area contributed by atoms with Crippen LogP contribution in [0.15, 0.2) is 54.7 Å². The van der Waals surface area contributed by atoms with Crippen LogP contribution >= 0.6 is 0 Å². The second kappa shape index (κ2) is 7.89. The molecule has 1 aliphatic heterocycles. The second-order valence-corrected chi connectivity index (χ2v) is 6.91. The monoisotopic (exact) mass is 362 g/mol. The Kier molecular flexibility index (Phi) is 5.16. The SMILES string of the molecule is CCOc1ccc2[nH]cc(C3=CCN(Cc4cccc(OC)c4)CC3)c2c1. The lowest BCUT2D eigenvalue weighted by Crippen LogP contribution is -2.27. The van der Waals surface area contributed by atoms with Gasteiger partial charge in [-0.15, -0.1) is 0 Å². The van der Waals surface area contributed by atoms with Crippen LogP contribution in [0.1, 0.15) is 24.5 Å². The summed E-state index contributed by atoms with van der Waals surface area (Å²) >= 11 is 0. The number of benzene rings is 2. The van der Waals surface area contributed by atoms with Crippen molar-refractivity contribution >= 4 is 16.5 Å². The number of nitrogens with zero attached hydrogens (tertiary/aromatic N) is 1. The third kappa shape index (κ3) is 3.86. The Balaban J connectivity index is 1.50. The lowest BCUT2D eigenvalue weighted by Gasteiger charge is -2.26. The van der Waals surface area contributed by atoms with E-state index in [-0.39, 0.29) is 0 Å². The fourth-order valence-corrected chi connectivity index (χ4v) is 3.75. The molecular weight excluding hydrogens is 336 g/mol. The molecular formula is C23H26N2O2. The summed E-state index contributed by atoms with van der Waals surface area (Å²) in [5, 5.41) is 1.24. The van der Waals surface area contributed by atoms with Gasteiger partial charge in [0.15, 0.2) is 0 Å². The fraction of sp³-hybridized carbons (Fsp3) is 0.304. The summed E-state index contributed by atoms with van der Waals surface area (Å²) < 4.78 is 11.0. The highest BCUT2D eigenvalue weighted by Gasteiger charge is 2.16. The number of hydrogen-bond acceptors (Lipinski definition) is 3. The highest BCUT2D eigenvalue weighted by Crippen LogP contribution is 2.32. The molecule has 2 heterocycles. The second-order valence-electron chi connectivity index (χ2n) is 6.91. The van der Waals surface area contributed by atoms with Crippen LogP contribution in [-0.4, -0.2) is 36.7 Å². The molecule has 0 unspecified atom stereocenters. The van der Waals surface area contributed by atoms with E-state index in [1.54, 1.807) is 7.11 Å². The van der Waals surface area contributed by atoms with Gasteiger partial charge in [0, 0.05) is 42.3 Å². The Labute approximate surface area is 160 Å². The number of nitrogens with one attached hydrogen (secondary N) is 1. The highest BCUT2D eigenvalue weighted by molar-refractivity contribution is 5.93. The molecule has 2 aromatic carbocycles. The van der Waals surface area contributed by atoms with Crippen LogP contribution in [0.25, 0.3) is 16.5 Å². The average molecular weight is 362 g/mol. The van der Waals surface area contributed by atoms with Crippen molar-refractivity contribution in [3.05, 3.63) is 65.9 Å². The summed E-state index contributed by atoms with van der Waals surface area (Å²) in [6.07, 6.45) is 5.54. The Bertz CT molecular complexity index is 958. The van der Waals surface area contributed by atoms with Gasteiger partial charge in [0.25, 0.3) is 0 Å². The molecule has 27 heavy (non-hydrogen) atoms. The minimum atomic E-state index is 0.688. The molecule has 0 spiro atoms. The van der Waals surface area contributed by atoms with Crippen LogP contribution in [0.2, 0.25) is 0 Å². The van der Waals surface area contributed by atoms with E-state index in [2.05, 4.69) is 52.5 Å². The average Bonchev–Trinajstić information content (AvgIpc) is 3.12. The van der Waals surface area contributed by atoms with Gasteiger partial charge in [0.05, 0.1) is 13.7 Å². The number of hydrogen-bond donors (Lipinski definition) is 1. The first kappa shape index (κ1) is 17.7. The standard InChI is InChI=1S/C23H26N2O2/c1-3-27-20-7-8-23-21(14-20)22(15-24-23)18-9-11-25(12-10-18)16-17-5-4-6-19(13-17)26-2/h4-9,13-15,24H,3,10-12,16H2,1-2H3. The van der Waals surface area contributed by atoms with Gasteiger partial charge in [-0.1, -0.05) is 18.2 Å². The summed E-state index contributed by atoms with van der Waals surface area (Å²) in [7, 11) is 1.72. The predicted octanol–water partition coefficient (Wildman–Crippen LogP) is 4.86. The van der Waals surface area contributed by atoms with E-state index in [4.69, 9.17) is 9.47 Å². The number of H-pyrrole nitrogens is 1. The minimum Gasteiger partial charge on any atom is -0.497 e. The van der Waals surface area contributed by atoms with Crippen molar-refractivity contribution in [3.63, 3.8) is 0 Å². The van der Waals surface area contributed by atoms with Gasteiger partial charge in [-0.3, -0.25) is 4.90 Å². The molecule has 1 aromatic heterocycles. The molecule has 0 saturated carbocycles. The molecule has 0 radical (unpaired) electrons. The lowest BCUT2D eigenvalue weighted by atomic mass is 9.98. The summed E-state index contributed by atoms with van der Waals surface area (Å²) in [5.41, 5.74) is 5.16. The minimum absolute atomic E-state index is 0.688. The van der Waals surface area contributed by atoms with Crippen LogP contribution in [-0.2, 0) is 6.54 Å². The first-order valence-corrected chi connectivity index (χ1v) is 9.55. The maximum atomic E-state index is 5.68. The van der Waals surface area contributed by atoms with Gasteiger partial charge in [-0.05, 0) is 54.8 Å². The molecule has 0 bridgehead atoms. The van der Waals surface area contributed by atoms with Gasteiger partial charge < -0.3 is 14.5 Å². The van der Waals surface area contributed by atoms with E-state index in [1.807, 2.05) is 19.1 Å². The Morgan fingerprint density at radius 3 is 2.81 bits per heavy atom. The Morgan fingerprint density at radius 1 is 1.11 bits per heavy atom. The predicted molar refractivity (Wildman–Crippen MR) is 110 cm³/mol. The molecule has 1 N–H and O–H groups in total. The van der Waals surface area contributed by atoms with E-state index >= 15 is 0 Å². The number of ether oxygens (including phenoxy) is 2. The van der Waals surface area contributed by atoms with Crippen LogP contribution in [0.3, 0.4) is 0 Å². The molecule has 3 aromatic rings. The summed E-state index contributed by atoms with van der Waals surface area (Å²) in [6.45, 7) is 5.67. The molecule has 140 valence electrons. The highest BCUT2D eigenvalue weighted by atomic mass is 16.5. The summed E-state index contributed by atoms with van der Waals surface area (Å²) in [6, 6.07) is 14.6. The van der Waals surface area contributed by atoms with E-state index in [0.717, 1.165) is 43.1 Å². The molecule has 4 heteroatoms. The molecule has 0 aliphatic carbocycles. The number of rotatable bonds is 6. The lowest BCUT2D eigenvalue weighted by molar-refractivity contribution is 0.293. The van der Waals surface area contributed by atoms with Crippen LogP contribution in [0, 0.1) is 0 Å². The molecule has 0 saturated heterocycles. The number of fused-ring (bicyclic) bond motifs is 1. The Hall–Kier alpha value is -2.72. The number of aromatic amines is 1. The van der Waals surface area contributed by atoms with E-state index in [1.165, 1.54) is 22.1 Å². The van der Waals surface area contributed by atoms with Crippen LogP contribution in [0.4, 0.5) is 0 Å². The van der Waals surface area contributed by atoms with Crippen molar-refractivity contribution in [3.8, 4) is 11.5 Å². The van der Waals surface area contributed by atoms with Crippen molar-refractivity contribution in [2.45, 2.75) is 19.9 Å².